The van der Waals surface area contributed by atoms with Gasteiger partial charge in [-0.15, -0.1) is 0 Å². The van der Waals surface area contributed by atoms with Crippen LogP contribution in [0.3, 0.4) is 0 Å². The Balaban J connectivity index is 2.18. The number of hydrogen-bond donors (Lipinski definition) is 1. The molecule has 1 aliphatic rings. The highest BCUT2D eigenvalue weighted by atomic mass is 16.5. The smallest absolute Gasteiger partial charge is 0.119 e. The average Bonchev–Trinajstić information content (AvgIpc) is 2.57. The zero-order chi connectivity index (χ0) is 11.4. The average molecular weight is 219 g/mol. The summed E-state index contributed by atoms with van der Waals surface area (Å²) in [6.45, 7) is 3.32. The molecule has 1 heterocycles. The summed E-state index contributed by atoms with van der Waals surface area (Å²) in [5.41, 5.74) is 2.77. The molecular weight excluding hydrogens is 198 g/mol. The molecule has 1 N–H and O–H groups in total. The molecule has 0 aromatic heterocycles. The van der Waals surface area contributed by atoms with Gasteiger partial charge in [0.2, 0.25) is 0 Å². The van der Waals surface area contributed by atoms with Gasteiger partial charge in [0, 0.05) is 6.04 Å². The first-order valence-corrected chi connectivity index (χ1v) is 6.19. The van der Waals surface area contributed by atoms with Crippen LogP contribution in [-0.4, -0.2) is 13.7 Å². The molecule has 0 radical (unpaired) electrons. The number of benzene rings is 1. The minimum absolute atomic E-state index is 0.536. The van der Waals surface area contributed by atoms with E-state index in [1.165, 1.54) is 36.8 Å². The zero-order valence-electron chi connectivity index (χ0n) is 10.3. The lowest BCUT2D eigenvalue weighted by Crippen LogP contribution is -2.21. The van der Waals surface area contributed by atoms with Crippen molar-refractivity contribution in [3.8, 4) is 5.75 Å². The fraction of sp³-hybridized carbons (Fsp3) is 0.571. The van der Waals surface area contributed by atoms with Crippen molar-refractivity contribution < 1.29 is 4.74 Å². The second-order valence-electron chi connectivity index (χ2n) is 4.58. The largest absolute Gasteiger partial charge is 0.497 e. The number of hydrogen-bond acceptors (Lipinski definition) is 2. The van der Waals surface area contributed by atoms with E-state index in [-0.39, 0.29) is 0 Å². The van der Waals surface area contributed by atoms with Crippen LogP contribution < -0.4 is 10.1 Å². The van der Waals surface area contributed by atoms with Gasteiger partial charge in [-0.05, 0) is 49.6 Å². The van der Waals surface area contributed by atoms with Gasteiger partial charge in [0.15, 0.2) is 0 Å². The molecule has 88 valence electrons. The van der Waals surface area contributed by atoms with Gasteiger partial charge >= 0.3 is 0 Å². The molecule has 2 nitrogen and oxygen atoms in total. The molecule has 1 saturated heterocycles. The van der Waals surface area contributed by atoms with Crippen molar-refractivity contribution in [3.63, 3.8) is 0 Å². The van der Waals surface area contributed by atoms with Crippen LogP contribution in [0.4, 0.5) is 0 Å². The molecule has 1 atom stereocenters. The molecule has 1 fully saturated rings. The first kappa shape index (κ1) is 11.5. The van der Waals surface area contributed by atoms with Gasteiger partial charge in [0.25, 0.3) is 0 Å². The number of methoxy groups -OCH3 is 1. The van der Waals surface area contributed by atoms with Crippen LogP contribution in [0.1, 0.15) is 42.9 Å². The SMILES string of the molecule is COc1ccc(C2CCCCCN2)c(C)c1. The van der Waals surface area contributed by atoms with Crippen molar-refractivity contribution in [2.24, 2.45) is 0 Å². The molecule has 2 rings (SSSR count). The molecule has 1 aromatic rings. The van der Waals surface area contributed by atoms with E-state index in [0.29, 0.717) is 6.04 Å². The lowest BCUT2D eigenvalue weighted by atomic mass is 9.97. The molecule has 0 bridgehead atoms. The van der Waals surface area contributed by atoms with Gasteiger partial charge in [-0.3, -0.25) is 0 Å². The lowest BCUT2D eigenvalue weighted by molar-refractivity contribution is 0.413. The molecular formula is C14H21NO. The second kappa shape index (κ2) is 5.35. The summed E-state index contributed by atoms with van der Waals surface area (Å²) in [6.07, 6.45) is 5.26. The Hall–Kier alpha value is -1.02. The molecule has 0 spiro atoms. The third kappa shape index (κ3) is 2.56. The number of aryl methyl sites for hydroxylation is 1. The van der Waals surface area contributed by atoms with Crippen LogP contribution in [0.5, 0.6) is 5.75 Å². The Morgan fingerprint density at radius 3 is 2.88 bits per heavy atom. The Morgan fingerprint density at radius 1 is 1.25 bits per heavy atom. The Labute approximate surface area is 98.0 Å². The minimum atomic E-state index is 0.536. The molecule has 1 unspecified atom stereocenters. The quantitative estimate of drug-likeness (QED) is 0.824. The normalized spacial score (nSPS) is 21.5. The molecule has 1 aliphatic heterocycles. The van der Waals surface area contributed by atoms with E-state index in [4.69, 9.17) is 4.74 Å². The zero-order valence-corrected chi connectivity index (χ0v) is 10.3. The Bertz CT molecular complexity index is 341. The Kier molecular flexibility index (Phi) is 3.83. The van der Waals surface area contributed by atoms with E-state index in [1.807, 2.05) is 0 Å². The fourth-order valence-electron chi connectivity index (χ4n) is 2.46. The third-order valence-corrected chi connectivity index (χ3v) is 3.41. The van der Waals surface area contributed by atoms with Gasteiger partial charge < -0.3 is 10.1 Å². The lowest BCUT2D eigenvalue weighted by Gasteiger charge is -2.19. The summed E-state index contributed by atoms with van der Waals surface area (Å²) in [4.78, 5) is 0. The van der Waals surface area contributed by atoms with Crippen molar-refractivity contribution in [3.05, 3.63) is 29.3 Å². The maximum Gasteiger partial charge on any atom is 0.119 e. The van der Waals surface area contributed by atoms with Crippen molar-refractivity contribution >= 4 is 0 Å². The van der Waals surface area contributed by atoms with Gasteiger partial charge in [0.05, 0.1) is 7.11 Å². The van der Waals surface area contributed by atoms with Gasteiger partial charge in [-0.1, -0.05) is 18.9 Å². The Morgan fingerprint density at radius 2 is 2.12 bits per heavy atom. The number of nitrogens with one attached hydrogen (secondary N) is 1. The number of ether oxygens (including phenoxy) is 1. The van der Waals surface area contributed by atoms with Crippen LogP contribution in [0, 0.1) is 6.92 Å². The maximum atomic E-state index is 5.24. The predicted octanol–water partition coefficient (Wildman–Crippen LogP) is 3.21. The van der Waals surface area contributed by atoms with E-state index < -0.39 is 0 Å². The summed E-state index contributed by atoms with van der Waals surface area (Å²) >= 11 is 0. The fourth-order valence-corrected chi connectivity index (χ4v) is 2.46. The second-order valence-corrected chi connectivity index (χ2v) is 4.58. The van der Waals surface area contributed by atoms with Gasteiger partial charge in [-0.2, -0.15) is 0 Å². The highest BCUT2D eigenvalue weighted by Crippen LogP contribution is 2.27. The van der Waals surface area contributed by atoms with Gasteiger partial charge in [0.1, 0.15) is 5.75 Å². The highest BCUT2D eigenvalue weighted by molar-refractivity contribution is 5.36. The van der Waals surface area contributed by atoms with Crippen LogP contribution in [0.25, 0.3) is 0 Å². The first-order valence-electron chi connectivity index (χ1n) is 6.19. The third-order valence-electron chi connectivity index (χ3n) is 3.41. The highest BCUT2D eigenvalue weighted by Gasteiger charge is 2.15. The summed E-state index contributed by atoms with van der Waals surface area (Å²) in [7, 11) is 1.72. The summed E-state index contributed by atoms with van der Waals surface area (Å²) < 4.78 is 5.24. The van der Waals surface area contributed by atoms with Crippen molar-refractivity contribution in [2.75, 3.05) is 13.7 Å². The van der Waals surface area contributed by atoms with Crippen molar-refractivity contribution in [1.82, 2.24) is 5.32 Å². The molecule has 0 amide bonds. The van der Waals surface area contributed by atoms with Gasteiger partial charge in [-0.25, -0.2) is 0 Å². The number of rotatable bonds is 2. The maximum absolute atomic E-state index is 5.24. The van der Waals surface area contributed by atoms with Crippen LogP contribution in [0.2, 0.25) is 0 Å². The van der Waals surface area contributed by atoms with E-state index in [2.05, 4.69) is 30.4 Å². The summed E-state index contributed by atoms with van der Waals surface area (Å²) in [6, 6.07) is 6.93. The molecule has 16 heavy (non-hydrogen) atoms. The molecule has 1 aromatic carbocycles. The van der Waals surface area contributed by atoms with Crippen molar-refractivity contribution in [2.45, 2.75) is 38.6 Å². The van der Waals surface area contributed by atoms with Crippen molar-refractivity contribution in [1.29, 1.82) is 0 Å². The molecule has 0 aliphatic carbocycles. The van der Waals surface area contributed by atoms with E-state index in [9.17, 15) is 0 Å². The van der Waals surface area contributed by atoms with E-state index in [0.717, 1.165) is 12.3 Å². The van der Waals surface area contributed by atoms with Crippen LogP contribution >= 0.6 is 0 Å². The summed E-state index contributed by atoms with van der Waals surface area (Å²) in [5, 5.41) is 3.64. The van der Waals surface area contributed by atoms with E-state index >= 15 is 0 Å². The summed E-state index contributed by atoms with van der Waals surface area (Å²) in [5.74, 6) is 0.954. The van der Waals surface area contributed by atoms with E-state index in [1.54, 1.807) is 7.11 Å². The van der Waals surface area contributed by atoms with Crippen LogP contribution in [-0.2, 0) is 0 Å². The predicted molar refractivity (Wildman–Crippen MR) is 66.9 cm³/mol. The standard InChI is InChI=1S/C14H21NO/c1-11-10-12(16-2)7-8-13(11)14-6-4-3-5-9-15-14/h7-8,10,14-15H,3-6,9H2,1-2H3. The monoisotopic (exact) mass is 219 g/mol. The van der Waals surface area contributed by atoms with Crippen LogP contribution in [0.15, 0.2) is 18.2 Å². The molecule has 2 heteroatoms. The first-order chi connectivity index (χ1) is 7.81. The topological polar surface area (TPSA) is 21.3 Å². The molecule has 0 saturated carbocycles. The minimum Gasteiger partial charge on any atom is -0.497 e.